The second-order valence-electron chi connectivity index (χ2n) is 3.84. The van der Waals surface area contributed by atoms with Crippen molar-refractivity contribution in [3.8, 4) is 17.3 Å². The monoisotopic (exact) mass is 258 g/mol. The molecule has 0 aliphatic rings. The normalized spacial score (nSPS) is 10.9. The van der Waals surface area contributed by atoms with Crippen LogP contribution in [-0.4, -0.2) is 19.7 Å². The molecule has 2 rings (SSSR count). The van der Waals surface area contributed by atoms with Crippen LogP contribution in [-0.2, 0) is 9.84 Å². The van der Waals surface area contributed by atoms with Gasteiger partial charge < -0.3 is 0 Å². The summed E-state index contributed by atoms with van der Waals surface area (Å²) < 4.78 is 22.6. The van der Waals surface area contributed by atoms with Gasteiger partial charge in [0.05, 0.1) is 22.2 Å². The average Bonchev–Trinajstić information content (AvgIpc) is 2.38. The van der Waals surface area contributed by atoms with Gasteiger partial charge in [0, 0.05) is 18.0 Å². The Morgan fingerprint density at radius 1 is 1.17 bits per heavy atom. The summed E-state index contributed by atoms with van der Waals surface area (Å²) in [5, 5.41) is 8.80. The van der Waals surface area contributed by atoms with Gasteiger partial charge in [-0.3, -0.25) is 4.98 Å². The molecule has 0 radical (unpaired) electrons. The van der Waals surface area contributed by atoms with Crippen LogP contribution in [0.3, 0.4) is 0 Å². The maximum Gasteiger partial charge on any atom is 0.175 e. The van der Waals surface area contributed by atoms with Gasteiger partial charge in [0.1, 0.15) is 0 Å². The SMILES string of the molecule is CS(=O)(=O)c1ccc(-c2cc(C#N)ccn2)cc1. The molecule has 0 amide bonds. The zero-order valence-corrected chi connectivity index (χ0v) is 10.5. The summed E-state index contributed by atoms with van der Waals surface area (Å²) in [6.07, 6.45) is 2.72. The fourth-order valence-electron chi connectivity index (χ4n) is 1.53. The standard InChI is InChI=1S/C13H10N2O2S/c1-18(16,17)12-4-2-11(3-5-12)13-8-10(9-14)6-7-15-13/h2-8H,1H3. The Hall–Kier alpha value is -2.19. The summed E-state index contributed by atoms with van der Waals surface area (Å²) in [7, 11) is -3.19. The zero-order chi connectivity index (χ0) is 13.2. The highest BCUT2D eigenvalue weighted by Gasteiger charge is 2.07. The fraction of sp³-hybridized carbons (Fsp3) is 0.0769. The minimum absolute atomic E-state index is 0.266. The summed E-state index contributed by atoms with van der Waals surface area (Å²) in [6, 6.07) is 11.7. The molecule has 0 saturated carbocycles. The molecule has 18 heavy (non-hydrogen) atoms. The molecule has 0 fully saturated rings. The van der Waals surface area contributed by atoms with Crippen molar-refractivity contribution in [3.63, 3.8) is 0 Å². The number of pyridine rings is 1. The zero-order valence-electron chi connectivity index (χ0n) is 9.66. The predicted octanol–water partition coefficient (Wildman–Crippen LogP) is 2.02. The Morgan fingerprint density at radius 2 is 1.83 bits per heavy atom. The molecule has 0 aliphatic carbocycles. The van der Waals surface area contributed by atoms with Crippen LogP contribution in [0.1, 0.15) is 5.56 Å². The first kappa shape index (κ1) is 12.3. The molecule has 0 atom stereocenters. The van der Waals surface area contributed by atoms with E-state index < -0.39 is 9.84 Å². The minimum Gasteiger partial charge on any atom is -0.256 e. The van der Waals surface area contributed by atoms with Gasteiger partial charge in [0.25, 0.3) is 0 Å². The Morgan fingerprint density at radius 3 is 2.39 bits per heavy atom. The molecule has 0 aliphatic heterocycles. The lowest BCUT2D eigenvalue weighted by Gasteiger charge is -2.02. The summed E-state index contributed by atoms with van der Waals surface area (Å²) in [4.78, 5) is 4.42. The number of benzene rings is 1. The molecule has 4 nitrogen and oxygen atoms in total. The quantitative estimate of drug-likeness (QED) is 0.826. The van der Waals surface area contributed by atoms with Crippen LogP contribution in [0.4, 0.5) is 0 Å². The highest BCUT2D eigenvalue weighted by Crippen LogP contribution is 2.20. The molecular formula is C13H10N2O2S. The van der Waals surface area contributed by atoms with Crippen LogP contribution >= 0.6 is 0 Å². The highest BCUT2D eigenvalue weighted by molar-refractivity contribution is 7.90. The van der Waals surface area contributed by atoms with Crippen LogP contribution in [0.5, 0.6) is 0 Å². The van der Waals surface area contributed by atoms with Crippen LogP contribution in [0.2, 0.25) is 0 Å². The van der Waals surface area contributed by atoms with E-state index >= 15 is 0 Å². The molecule has 2 aromatic rings. The number of hydrogen-bond donors (Lipinski definition) is 0. The van der Waals surface area contributed by atoms with Crippen molar-refractivity contribution in [3.05, 3.63) is 48.2 Å². The molecule has 0 unspecified atom stereocenters. The van der Waals surface area contributed by atoms with E-state index in [-0.39, 0.29) is 4.90 Å². The van der Waals surface area contributed by atoms with Gasteiger partial charge in [-0.05, 0) is 24.3 Å². The maximum absolute atomic E-state index is 11.3. The third kappa shape index (κ3) is 2.55. The summed E-state index contributed by atoms with van der Waals surface area (Å²) in [6.45, 7) is 0. The number of aromatic nitrogens is 1. The van der Waals surface area contributed by atoms with Gasteiger partial charge >= 0.3 is 0 Å². The smallest absolute Gasteiger partial charge is 0.175 e. The third-order valence-electron chi connectivity index (χ3n) is 2.47. The molecule has 0 N–H and O–H groups in total. The van der Waals surface area contributed by atoms with E-state index in [0.29, 0.717) is 11.3 Å². The fourth-order valence-corrected chi connectivity index (χ4v) is 2.16. The van der Waals surface area contributed by atoms with Gasteiger partial charge in [-0.15, -0.1) is 0 Å². The molecule has 1 heterocycles. The van der Waals surface area contributed by atoms with Crippen LogP contribution < -0.4 is 0 Å². The van der Waals surface area contributed by atoms with E-state index in [9.17, 15) is 8.42 Å². The van der Waals surface area contributed by atoms with Gasteiger partial charge in [-0.1, -0.05) is 12.1 Å². The molecular weight excluding hydrogens is 248 g/mol. The van der Waals surface area contributed by atoms with Gasteiger partial charge in [0.15, 0.2) is 9.84 Å². The summed E-state index contributed by atoms with van der Waals surface area (Å²) >= 11 is 0. The van der Waals surface area contributed by atoms with Crippen molar-refractivity contribution in [2.24, 2.45) is 0 Å². The average molecular weight is 258 g/mol. The van der Waals surface area contributed by atoms with Crippen LogP contribution in [0.25, 0.3) is 11.3 Å². The lowest BCUT2D eigenvalue weighted by Crippen LogP contribution is -1.96. The van der Waals surface area contributed by atoms with Crippen molar-refractivity contribution in [2.45, 2.75) is 4.90 Å². The molecule has 0 saturated heterocycles. The van der Waals surface area contributed by atoms with E-state index in [1.807, 2.05) is 6.07 Å². The summed E-state index contributed by atoms with van der Waals surface area (Å²) in [5.41, 5.74) is 1.95. The number of nitriles is 1. The predicted molar refractivity (Wildman–Crippen MR) is 67.5 cm³/mol. The first-order valence-corrected chi connectivity index (χ1v) is 7.06. The lowest BCUT2D eigenvalue weighted by atomic mass is 10.1. The second kappa shape index (κ2) is 4.59. The van der Waals surface area contributed by atoms with E-state index in [1.54, 1.807) is 30.5 Å². The second-order valence-corrected chi connectivity index (χ2v) is 5.85. The van der Waals surface area contributed by atoms with E-state index in [0.717, 1.165) is 11.8 Å². The molecule has 0 bridgehead atoms. The van der Waals surface area contributed by atoms with E-state index in [1.165, 1.54) is 12.1 Å². The van der Waals surface area contributed by atoms with Crippen molar-refractivity contribution in [2.75, 3.05) is 6.26 Å². The molecule has 5 heteroatoms. The van der Waals surface area contributed by atoms with E-state index in [4.69, 9.17) is 5.26 Å². The van der Waals surface area contributed by atoms with Crippen LogP contribution in [0.15, 0.2) is 47.5 Å². The van der Waals surface area contributed by atoms with Crippen molar-refractivity contribution in [1.82, 2.24) is 4.98 Å². The Labute approximate surface area is 105 Å². The number of sulfone groups is 1. The van der Waals surface area contributed by atoms with Gasteiger partial charge in [-0.25, -0.2) is 8.42 Å². The first-order chi connectivity index (χ1) is 8.50. The van der Waals surface area contributed by atoms with Gasteiger partial charge in [-0.2, -0.15) is 5.26 Å². The highest BCUT2D eigenvalue weighted by atomic mass is 32.2. The largest absolute Gasteiger partial charge is 0.256 e. The van der Waals surface area contributed by atoms with Crippen LogP contribution in [0, 0.1) is 11.3 Å². The number of hydrogen-bond acceptors (Lipinski definition) is 4. The number of rotatable bonds is 2. The summed E-state index contributed by atoms with van der Waals surface area (Å²) in [5.74, 6) is 0. The topological polar surface area (TPSA) is 70.8 Å². The maximum atomic E-state index is 11.3. The van der Waals surface area contributed by atoms with Gasteiger partial charge in [0.2, 0.25) is 0 Å². The first-order valence-electron chi connectivity index (χ1n) is 5.17. The molecule has 0 spiro atoms. The van der Waals surface area contributed by atoms with Crippen molar-refractivity contribution >= 4 is 9.84 Å². The Bertz CT molecular complexity index is 713. The molecule has 1 aromatic heterocycles. The minimum atomic E-state index is -3.19. The molecule has 90 valence electrons. The van der Waals surface area contributed by atoms with Crippen molar-refractivity contribution < 1.29 is 8.42 Å². The molecule has 1 aromatic carbocycles. The lowest BCUT2D eigenvalue weighted by molar-refractivity contribution is 0.602. The Kier molecular flexibility index (Phi) is 3.13. The van der Waals surface area contributed by atoms with E-state index in [2.05, 4.69) is 4.98 Å². The Balaban J connectivity index is 2.44. The number of nitrogens with zero attached hydrogens (tertiary/aromatic N) is 2. The van der Waals surface area contributed by atoms with Crippen molar-refractivity contribution in [1.29, 1.82) is 5.26 Å². The third-order valence-corrected chi connectivity index (χ3v) is 3.60.